The zero-order chi connectivity index (χ0) is 13.5. The first-order valence-electron chi connectivity index (χ1n) is 6.87. The van der Waals surface area contributed by atoms with Crippen LogP contribution >= 0.6 is 27.5 Å². The lowest BCUT2D eigenvalue weighted by molar-refractivity contribution is -0.0650. The molecule has 0 aliphatic heterocycles. The molecule has 2 saturated carbocycles. The van der Waals surface area contributed by atoms with Crippen molar-refractivity contribution in [3.8, 4) is 5.75 Å². The van der Waals surface area contributed by atoms with Crippen molar-refractivity contribution in [2.45, 2.75) is 50.0 Å². The van der Waals surface area contributed by atoms with Crippen molar-refractivity contribution in [2.75, 3.05) is 0 Å². The molecular formula is C15H17BrClFO. The Morgan fingerprint density at radius 1 is 1.26 bits per heavy atom. The predicted octanol–water partition coefficient (Wildman–Crippen LogP) is 5.30. The number of benzene rings is 1. The first-order valence-corrected chi connectivity index (χ1v) is 8.10. The quantitative estimate of drug-likeness (QED) is 0.660. The lowest BCUT2D eigenvalue weighted by Gasteiger charge is -2.55. The van der Waals surface area contributed by atoms with Crippen LogP contribution in [0.1, 0.15) is 38.5 Å². The van der Waals surface area contributed by atoms with E-state index in [1.807, 2.05) is 0 Å². The summed E-state index contributed by atoms with van der Waals surface area (Å²) in [4.78, 5) is 0. The molecule has 1 aromatic rings. The molecule has 19 heavy (non-hydrogen) atoms. The van der Waals surface area contributed by atoms with Gasteiger partial charge in [-0.1, -0.05) is 19.3 Å². The summed E-state index contributed by atoms with van der Waals surface area (Å²) in [5, 5.41) is 0.238. The van der Waals surface area contributed by atoms with Gasteiger partial charge < -0.3 is 4.74 Å². The molecule has 1 aromatic carbocycles. The molecule has 2 aliphatic rings. The van der Waals surface area contributed by atoms with Crippen molar-refractivity contribution >= 4 is 27.5 Å². The van der Waals surface area contributed by atoms with Gasteiger partial charge in [0.15, 0.2) is 0 Å². The van der Waals surface area contributed by atoms with Gasteiger partial charge in [-0.15, -0.1) is 11.6 Å². The van der Waals surface area contributed by atoms with Gasteiger partial charge >= 0.3 is 0 Å². The molecule has 1 spiro atoms. The standard InChI is InChI=1S/C15H17BrClFO/c16-11-8-10(4-5-12(11)18)19-14-9-13(17)15(14)6-2-1-3-7-15/h4-5,8,13-14H,1-3,6-7,9H2. The van der Waals surface area contributed by atoms with Crippen molar-refractivity contribution in [3.63, 3.8) is 0 Å². The molecule has 0 aromatic heterocycles. The number of hydrogen-bond acceptors (Lipinski definition) is 1. The first-order chi connectivity index (χ1) is 9.12. The first kappa shape index (κ1) is 13.7. The van der Waals surface area contributed by atoms with Crippen LogP contribution in [0.2, 0.25) is 0 Å². The third-order valence-electron chi connectivity index (χ3n) is 4.64. The van der Waals surface area contributed by atoms with Crippen LogP contribution in [-0.4, -0.2) is 11.5 Å². The summed E-state index contributed by atoms with van der Waals surface area (Å²) >= 11 is 9.65. The third-order valence-corrected chi connectivity index (χ3v) is 5.86. The Labute approximate surface area is 126 Å². The fraction of sp³-hybridized carbons (Fsp3) is 0.600. The second-order valence-corrected chi connectivity index (χ2v) is 7.06. The summed E-state index contributed by atoms with van der Waals surface area (Å²) in [6, 6.07) is 4.83. The van der Waals surface area contributed by atoms with Crippen LogP contribution in [0.15, 0.2) is 22.7 Å². The molecule has 1 nitrogen and oxygen atoms in total. The smallest absolute Gasteiger partial charge is 0.137 e. The fourth-order valence-corrected chi connectivity index (χ4v) is 4.30. The summed E-state index contributed by atoms with van der Waals surface area (Å²) in [6.45, 7) is 0. The highest BCUT2D eigenvalue weighted by Gasteiger charge is 2.55. The molecule has 0 heterocycles. The highest BCUT2D eigenvalue weighted by Crippen LogP contribution is 2.55. The average Bonchev–Trinajstić information content (AvgIpc) is 2.43. The van der Waals surface area contributed by atoms with Gasteiger partial charge in [0.05, 0.1) is 4.47 Å². The predicted molar refractivity (Wildman–Crippen MR) is 78.3 cm³/mol. The molecular weight excluding hydrogens is 331 g/mol. The second-order valence-electron chi connectivity index (χ2n) is 5.68. The van der Waals surface area contributed by atoms with Gasteiger partial charge in [-0.2, -0.15) is 0 Å². The third kappa shape index (κ3) is 2.40. The molecule has 104 valence electrons. The van der Waals surface area contributed by atoms with Crippen molar-refractivity contribution in [1.82, 2.24) is 0 Å². The van der Waals surface area contributed by atoms with E-state index < -0.39 is 0 Å². The summed E-state index contributed by atoms with van der Waals surface area (Å²) in [6.07, 6.45) is 7.21. The molecule has 2 atom stereocenters. The zero-order valence-corrected chi connectivity index (χ0v) is 13.0. The molecule has 0 amide bonds. The Kier molecular flexibility index (Phi) is 3.78. The van der Waals surface area contributed by atoms with E-state index in [0.717, 1.165) is 25.0 Å². The average molecular weight is 348 g/mol. The van der Waals surface area contributed by atoms with Crippen molar-refractivity contribution in [2.24, 2.45) is 5.41 Å². The largest absolute Gasteiger partial charge is 0.490 e. The molecule has 2 aliphatic carbocycles. The second kappa shape index (κ2) is 5.25. The highest BCUT2D eigenvalue weighted by molar-refractivity contribution is 9.10. The minimum Gasteiger partial charge on any atom is -0.490 e. The Morgan fingerprint density at radius 2 is 2.00 bits per heavy atom. The van der Waals surface area contributed by atoms with Crippen molar-refractivity contribution in [3.05, 3.63) is 28.5 Å². The summed E-state index contributed by atoms with van der Waals surface area (Å²) in [5.74, 6) is 0.468. The van der Waals surface area contributed by atoms with Gasteiger partial charge in [0.1, 0.15) is 17.7 Å². The number of ether oxygens (including phenoxy) is 1. The van der Waals surface area contributed by atoms with E-state index in [4.69, 9.17) is 16.3 Å². The van der Waals surface area contributed by atoms with Gasteiger partial charge in [-0.3, -0.25) is 0 Å². The van der Waals surface area contributed by atoms with Gasteiger partial charge in [-0.05, 0) is 47.0 Å². The van der Waals surface area contributed by atoms with Gasteiger partial charge in [0.2, 0.25) is 0 Å². The lowest BCUT2D eigenvalue weighted by Crippen LogP contribution is -2.58. The van der Waals surface area contributed by atoms with Gasteiger partial charge in [0, 0.05) is 17.2 Å². The molecule has 0 N–H and O–H groups in total. The van der Waals surface area contributed by atoms with Gasteiger partial charge in [-0.25, -0.2) is 4.39 Å². The van der Waals surface area contributed by atoms with Crippen LogP contribution < -0.4 is 4.74 Å². The number of hydrogen-bond donors (Lipinski definition) is 0. The van der Waals surface area contributed by atoms with Crippen LogP contribution in [0, 0.1) is 11.2 Å². The minimum atomic E-state index is -0.261. The maximum absolute atomic E-state index is 13.2. The molecule has 0 saturated heterocycles. The Hall–Kier alpha value is -0.280. The monoisotopic (exact) mass is 346 g/mol. The van der Waals surface area contributed by atoms with E-state index >= 15 is 0 Å². The molecule has 0 radical (unpaired) electrons. The molecule has 2 unspecified atom stereocenters. The van der Waals surface area contributed by atoms with E-state index in [9.17, 15) is 4.39 Å². The molecule has 3 rings (SSSR count). The van der Waals surface area contributed by atoms with Crippen LogP contribution in [0.4, 0.5) is 4.39 Å². The Morgan fingerprint density at radius 3 is 2.63 bits per heavy atom. The van der Waals surface area contributed by atoms with E-state index in [0.29, 0.717) is 4.47 Å². The Bertz CT molecular complexity index is 473. The number of alkyl halides is 1. The van der Waals surface area contributed by atoms with Crippen LogP contribution in [-0.2, 0) is 0 Å². The van der Waals surface area contributed by atoms with E-state index in [1.54, 1.807) is 12.1 Å². The minimum absolute atomic E-state index is 0.153. The van der Waals surface area contributed by atoms with Gasteiger partial charge in [0.25, 0.3) is 0 Å². The maximum atomic E-state index is 13.2. The van der Waals surface area contributed by atoms with Crippen molar-refractivity contribution < 1.29 is 9.13 Å². The number of rotatable bonds is 2. The van der Waals surface area contributed by atoms with E-state index in [1.165, 1.54) is 25.3 Å². The van der Waals surface area contributed by atoms with Crippen LogP contribution in [0.25, 0.3) is 0 Å². The highest BCUT2D eigenvalue weighted by atomic mass is 79.9. The van der Waals surface area contributed by atoms with Crippen LogP contribution in [0.3, 0.4) is 0 Å². The summed E-state index contributed by atoms with van der Waals surface area (Å²) in [7, 11) is 0. The normalized spacial score (nSPS) is 29.0. The molecule has 2 fully saturated rings. The fourth-order valence-electron chi connectivity index (χ4n) is 3.42. The molecule has 0 bridgehead atoms. The summed E-state index contributed by atoms with van der Waals surface area (Å²) in [5.41, 5.74) is 0.153. The number of halogens is 3. The topological polar surface area (TPSA) is 9.23 Å². The van der Waals surface area contributed by atoms with E-state index in [-0.39, 0.29) is 22.7 Å². The van der Waals surface area contributed by atoms with E-state index in [2.05, 4.69) is 15.9 Å². The van der Waals surface area contributed by atoms with Crippen LogP contribution in [0.5, 0.6) is 5.75 Å². The maximum Gasteiger partial charge on any atom is 0.137 e. The Balaban J connectivity index is 1.74. The van der Waals surface area contributed by atoms with Crippen molar-refractivity contribution in [1.29, 1.82) is 0 Å². The zero-order valence-electron chi connectivity index (χ0n) is 10.7. The summed E-state index contributed by atoms with van der Waals surface area (Å²) < 4.78 is 19.7. The molecule has 4 heteroatoms. The lowest BCUT2D eigenvalue weighted by atomic mass is 9.58. The SMILES string of the molecule is Fc1ccc(OC2CC(Cl)C23CCCCC3)cc1Br.